The fraction of sp³-hybridized carbons (Fsp3) is 0.500. The van der Waals surface area contributed by atoms with E-state index in [-0.39, 0.29) is 18.1 Å². The minimum absolute atomic E-state index is 0.103. The Labute approximate surface area is 171 Å². The van der Waals surface area contributed by atoms with Gasteiger partial charge in [-0.05, 0) is 67.0 Å². The molecular weight excluding hydrogens is 370 g/mol. The van der Waals surface area contributed by atoms with Gasteiger partial charge < -0.3 is 19.9 Å². The van der Waals surface area contributed by atoms with Gasteiger partial charge in [0.1, 0.15) is 5.75 Å². The molecule has 2 aromatic rings. The highest BCUT2D eigenvalue weighted by molar-refractivity contribution is 7.10. The summed E-state index contributed by atoms with van der Waals surface area (Å²) in [6.07, 6.45) is 3.90. The smallest absolute Gasteiger partial charge is 0.318 e. The summed E-state index contributed by atoms with van der Waals surface area (Å²) < 4.78 is 5.24. The number of hydrogen-bond donors (Lipinski definition) is 1. The van der Waals surface area contributed by atoms with E-state index in [1.54, 1.807) is 7.11 Å². The van der Waals surface area contributed by atoms with Crippen LogP contribution in [-0.4, -0.2) is 43.7 Å². The minimum atomic E-state index is 0.103. The number of thiophene rings is 1. The number of carbonyl (C=O) groups is 1. The number of carbonyl (C=O) groups excluding carboxylic acids is 1. The summed E-state index contributed by atoms with van der Waals surface area (Å²) >= 11 is 1.82. The molecule has 150 valence electrons. The van der Waals surface area contributed by atoms with Crippen molar-refractivity contribution in [2.24, 2.45) is 0 Å². The molecule has 0 spiro atoms. The van der Waals surface area contributed by atoms with Crippen molar-refractivity contribution in [3.63, 3.8) is 0 Å². The molecule has 0 bridgehead atoms. The Morgan fingerprint density at radius 1 is 1.18 bits per heavy atom. The Morgan fingerprint density at radius 3 is 2.61 bits per heavy atom. The van der Waals surface area contributed by atoms with Crippen LogP contribution < -0.4 is 15.0 Å². The maximum absolute atomic E-state index is 13.0. The maximum atomic E-state index is 13.0. The van der Waals surface area contributed by atoms with E-state index in [0.717, 1.165) is 51.1 Å². The number of urea groups is 1. The maximum Gasteiger partial charge on any atom is 0.318 e. The Morgan fingerprint density at radius 2 is 1.93 bits per heavy atom. The van der Waals surface area contributed by atoms with Crippen LogP contribution >= 0.6 is 11.3 Å². The van der Waals surface area contributed by atoms with Crippen LogP contribution in [0.25, 0.3) is 0 Å². The van der Waals surface area contributed by atoms with E-state index in [4.69, 9.17) is 4.74 Å². The van der Waals surface area contributed by atoms with Crippen molar-refractivity contribution in [3.05, 3.63) is 46.2 Å². The summed E-state index contributed by atoms with van der Waals surface area (Å²) in [7, 11) is 1.69. The van der Waals surface area contributed by atoms with E-state index in [2.05, 4.69) is 40.7 Å². The lowest BCUT2D eigenvalue weighted by molar-refractivity contribution is 0.162. The first-order valence-electron chi connectivity index (χ1n) is 10.2. The SMILES string of the molecule is CCC1c2ccsc2CCN1C(=O)NC1CCN(c2ccc(OC)cc2)CC1. The van der Waals surface area contributed by atoms with Crippen LogP contribution in [0.1, 0.15) is 42.7 Å². The number of anilines is 1. The zero-order valence-electron chi connectivity index (χ0n) is 16.7. The van der Waals surface area contributed by atoms with E-state index in [0.29, 0.717) is 0 Å². The standard InChI is InChI=1S/C22H29N3O2S/c1-3-20-19-11-15-28-21(19)10-14-25(20)22(26)23-16-8-12-24(13-9-16)17-4-6-18(27-2)7-5-17/h4-7,11,15-16,20H,3,8-10,12-14H2,1-2H3,(H,23,26). The van der Waals surface area contributed by atoms with E-state index in [9.17, 15) is 4.79 Å². The number of fused-ring (bicyclic) bond motifs is 1. The quantitative estimate of drug-likeness (QED) is 0.826. The highest BCUT2D eigenvalue weighted by Crippen LogP contribution is 2.35. The van der Waals surface area contributed by atoms with Gasteiger partial charge in [-0.1, -0.05) is 6.92 Å². The second-order valence-electron chi connectivity index (χ2n) is 7.58. The number of benzene rings is 1. The molecule has 1 aromatic heterocycles. The summed E-state index contributed by atoms with van der Waals surface area (Å²) in [6.45, 7) is 4.92. The largest absolute Gasteiger partial charge is 0.497 e. The monoisotopic (exact) mass is 399 g/mol. The fourth-order valence-corrected chi connectivity index (χ4v) is 5.34. The number of rotatable bonds is 4. The number of nitrogens with one attached hydrogen (secondary N) is 1. The molecule has 1 unspecified atom stereocenters. The third-order valence-corrected chi connectivity index (χ3v) is 7.00. The topological polar surface area (TPSA) is 44.8 Å². The molecule has 1 saturated heterocycles. The van der Waals surface area contributed by atoms with Crippen molar-refractivity contribution < 1.29 is 9.53 Å². The molecule has 0 radical (unpaired) electrons. The van der Waals surface area contributed by atoms with E-state index >= 15 is 0 Å². The molecule has 0 aliphatic carbocycles. The van der Waals surface area contributed by atoms with Crippen molar-refractivity contribution >= 4 is 23.1 Å². The van der Waals surface area contributed by atoms with Gasteiger partial charge in [-0.3, -0.25) is 0 Å². The van der Waals surface area contributed by atoms with Gasteiger partial charge in [0.2, 0.25) is 0 Å². The Hall–Kier alpha value is -2.21. The van der Waals surface area contributed by atoms with Gasteiger partial charge in [-0.15, -0.1) is 11.3 Å². The Kier molecular flexibility index (Phi) is 5.76. The first-order valence-corrected chi connectivity index (χ1v) is 11.1. The molecule has 2 aliphatic rings. The highest BCUT2D eigenvalue weighted by Gasteiger charge is 2.31. The molecule has 4 rings (SSSR count). The number of ether oxygens (including phenoxy) is 1. The molecule has 2 aliphatic heterocycles. The average molecular weight is 400 g/mol. The minimum Gasteiger partial charge on any atom is -0.497 e. The van der Waals surface area contributed by atoms with Gasteiger partial charge in [-0.25, -0.2) is 4.79 Å². The first-order chi connectivity index (χ1) is 13.7. The molecule has 1 aromatic carbocycles. The van der Waals surface area contributed by atoms with Crippen molar-refractivity contribution in [3.8, 4) is 5.75 Å². The normalized spacial score (nSPS) is 20.0. The number of amides is 2. The van der Waals surface area contributed by atoms with Crippen LogP contribution in [0.2, 0.25) is 0 Å². The molecule has 5 nitrogen and oxygen atoms in total. The predicted octanol–water partition coefficient (Wildman–Crippen LogP) is 4.44. The van der Waals surface area contributed by atoms with E-state index < -0.39 is 0 Å². The molecule has 1 atom stereocenters. The van der Waals surface area contributed by atoms with Gasteiger partial charge >= 0.3 is 6.03 Å². The molecule has 0 saturated carbocycles. The summed E-state index contributed by atoms with van der Waals surface area (Å²) in [5.41, 5.74) is 2.57. The van der Waals surface area contributed by atoms with Gasteiger partial charge in [0, 0.05) is 36.2 Å². The predicted molar refractivity (Wildman–Crippen MR) is 115 cm³/mol. The zero-order chi connectivity index (χ0) is 19.5. The molecular formula is C22H29N3O2S. The highest BCUT2D eigenvalue weighted by atomic mass is 32.1. The lowest BCUT2D eigenvalue weighted by atomic mass is 9.98. The van der Waals surface area contributed by atoms with E-state index in [1.807, 2.05) is 28.4 Å². The summed E-state index contributed by atoms with van der Waals surface area (Å²) in [5, 5.41) is 5.47. The third kappa shape index (κ3) is 3.83. The van der Waals surface area contributed by atoms with Crippen LogP contribution in [0.5, 0.6) is 5.75 Å². The van der Waals surface area contributed by atoms with Crippen molar-refractivity contribution in [1.29, 1.82) is 0 Å². The average Bonchev–Trinajstić information content (AvgIpc) is 3.22. The van der Waals surface area contributed by atoms with Crippen LogP contribution in [0.3, 0.4) is 0 Å². The van der Waals surface area contributed by atoms with Crippen LogP contribution in [0, 0.1) is 0 Å². The van der Waals surface area contributed by atoms with Crippen LogP contribution in [-0.2, 0) is 6.42 Å². The number of hydrogen-bond acceptors (Lipinski definition) is 4. The fourth-order valence-electron chi connectivity index (χ4n) is 4.41. The molecule has 2 amide bonds. The third-order valence-electron chi connectivity index (χ3n) is 6.00. The van der Waals surface area contributed by atoms with Gasteiger partial charge in [-0.2, -0.15) is 0 Å². The molecule has 6 heteroatoms. The summed E-state index contributed by atoms with van der Waals surface area (Å²) in [4.78, 5) is 18.9. The van der Waals surface area contributed by atoms with Crippen molar-refractivity contribution in [2.75, 3.05) is 31.6 Å². The molecule has 3 heterocycles. The van der Waals surface area contributed by atoms with Gasteiger partial charge in [0.15, 0.2) is 0 Å². The Balaban J connectivity index is 1.32. The zero-order valence-corrected chi connectivity index (χ0v) is 17.5. The molecule has 1 N–H and O–H groups in total. The Bertz CT molecular complexity index is 796. The number of methoxy groups -OCH3 is 1. The van der Waals surface area contributed by atoms with Crippen LogP contribution in [0.4, 0.5) is 10.5 Å². The summed E-state index contributed by atoms with van der Waals surface area (Å²) in [5.74, 6) is 0.881. The van der Waals surface area contributed by atoms with Gasteiger partial charge in [0.05, 0.1) is 13.2 Å². The molecule has 1 fully saturated rings. The molecule has 28 heavy (non-hydrogen) atoms. The lowest BCUT2D eigenvalue weighted by Crippen LogP contribution is -2.51. The second-order valence-corrected chi connectivity index (χ2v) is 8.58. The first kappa shape index (κ1) is 19.1. The lowest BCUT2D eigenvalue weighted by Gasteiger charge is -2.38. The second kappa shape index (κ2) is 8.43. The number of nitrogens with zero attached hydrogens (tertiary/aromatic N) is 2. The van der Waals surface area contributed by atoms with Gasteiger partial charge in [0.25, 0.3) is 0 Å². The number of piperidine rings is 1. The van der Waals surface area contributed by atoms with Crippen molar-refractivity contribution in [2.45, 2.75) is 44.7 Å². The summed E-state index contributed by atoms with van der Waals surface area (Å²) in [6, 6.07) is 11.0. The van der Waals surface area contributed by atoms with Crippen LogP contribution in [0.15, 0.2) is 35.7 Å². The van der Waals surface area contributed by atoms with Crippen molar-refractivity contribution in [1.82, 2.24) is 10.2 Å². The van der Waals surface area contributed by atoms with E-state index in [1.165, 1.54) is 16.1 Å².